The first-order valence-corrected chi connectivity index (χ1v) is 12.1. The van der Waals surface area contributed by atoms with Crippen molar-refractivity contribution in [2.24, 2.45) is 5.10 Å². The van der Waals surface area contributed by atoms with E-state index in [1.807, 2.05) is 36.4 Å². The fourth-order valence-corrected chi connectivity index (χ4v) is 4.56. The van der Waals surface area contributed by atoms with Gasteiger partial charge >= 0.3 is 0 Å². The maximum absolute atomic E-state index is 10.3. The van der Waals surface area contributed by atoms with E-state index in [0.717, 1.165) is 68.0 Å². The van der Waals surface area contributed by atoms with E-state index in [4.69, 9.17) is 16.6 Å². The molecule has 8 nitrogen and oxygen atoms in total. The lowest BCUT2D eigenvalue weighted by Gasteiger charge is -2.20. The van der Waals surface area contributed by atoms with E-state index in [1.54, 1.807) is 12.3 Å². The third-order valence-electron chi connectivity index (χ3n) is 6.20. The summed E-state index contributed by atoms with van der Waals surface area (Å²) in [6.45, 7) is 3.83. The molecule has 0 atom stereocenters. The zero-order chi connectivity index (χ0) is 23.3. The number of benzene rings is 2. The lowest BCUT2D eigenvalue weighted by Crippen LogP contribution is -2.25. The number of phenolic OH excluding ortho intramolecular Hbond substituents is 1. The van der Waals surface area contributed by atoms with Crippen LogP contribution < -0.4 is 15.2 Å². The largest absolute Gasteiger partial charge is 0.507 e. The zero-order valence-corrected chi connectivity index (χ0v) is 19.7. The van der Waals surface area contributed by atoms with Crippen molar-refractivity contribution in [1.82, 2.24) is 15.0 Å². The summed E-state index contributed by atoms with van der Waals surface area (Å²) in [5, 5.41) is 15.4. The highest BCUT2D eigenvalue weighted by Crippen LogP contribution is 2.24. The molecule has 2 N–H and O–H groups in total. The fraction of sp³-hybridized carbons (Fsp3) is 0.360. The first-order valence-electron chi connectivity index (χ1n) is 11.8. The SMILES string of the molecule is Oc1ccc(Cc2ccccc2Cl)cc1/C=N\Nc1nc(N2CCCC2)nc(N2CCCC2)n1. The third-order valence-corrected chi connectivity index (χ3v) is 6.57. The number of hydrogen-bond donors (Lipinski definition) is 2. The Morgan fingerprint density at radius 2 is 1.56 bits per heavy atom. The Kier molecular flexibility index (Phi) is 6.76. The highest BCUT2D eigenvalue weighted by molar-refractivity contribution is 6.31. The minimum Gasteiger partial charge on any atom is -0.507 e. The smallest absolute Gasteiger partial charge is 0.250 e. The van der Waals surface area contributed by atoms with Crippen LogP contribution in [0, 0.1) is 0 Å². The number of phenols is 1. The summed E-state index contributed by atoms with van der Waals surface area (Å²) < 4.78 is 0. The van der Waals surface area contributed by atoms with Gasteiger partial charge in [-0.3, -0.25) is 0 Å². The van der Waals surface area contributed by atoms with Crippen LogP contribution in [-0.2, 0) is 6.42 Å². The van der Waals surface area contributed by atoms with E-state index in [1.165, 1.54) is 0 Å². The quantitative estimate of drug-likeness (QED) is 0.383. The van der Waals surface area contributed by atoms with Crippen LogP contribution in [0.3, 0.4) is 0 Å². The molecule has 2 fully saturated rings. The van der Waals surface area contributed by atoms with Crippen LogP contribution >= 0.6 is 11.6 Å². The van der Waals surface area contributed by atoms with Crippen molar-refractivity contribution < 1.29 is 5.11 Å². The van der Waals surface area contributed by atoms with Gasteiger partial charge in [0.25, 0.3) is 0 Å². The third kappa shape index (κ3) is 5.22. The summed E-state index contributed by atoms with van der Waals surface area (Å²) in [4.78, 5) is 18.3. The number of rotatable bonds is 7. The van der Waals surface area contributed by atoms with E-state index in [0.29, 0.717) is 29.8 Å². The van der Waals surface area contributed by atoms with Crippen molar-refractivity contribution in [2.45, 2.75) is 32.1 Å². The van der Waals surface area contributed by atoms with Crippen LogP contribution in [0.25, 0.3) is 0 Å². The maximum Gasteiger partial charge on any atom is 0.250 e. The predicted octanol–water partition coefficient (Wildman–Crippen LogP) is 4.47. The van der Waals surface area contributed by atoms with Gasteiger partial charge in [-0.25, -0.2) is 5.43 Å². The van der Waals surface area contributed by atoms with Crippen LogP contribution in [0.4, 0.5) is 17.8 Å². The zero-order valence-electron chi connectivity index (χ0n) is 19.0. The Balaban J connectivity index is 1.34. The van der Waals surface area contributed by atoms with Gasteiger partial charge in [0.1, 0.15) is 5.75 Å². The molecule has 0 radical (unpaired) electrons. The second-order valence-electron chi connectivity index (χ2n) is 8.68. The average Bonchev–Trinajstić information content (AvgIpc) is 3.57. The fourth-order valence-electron chi connectivity index (χ4n) is 4.36. The predicted molar refractivity (Wildman–Crippen MR) is 136 cm³/mol. The molecule has 0 bridgehead atoms. The van der Waals surface area contributed by atoms with E-state index >= 15 is 0 Å². The molecule has 176 valence electrons. The number of nitrogens with zero attached hydrogens (tertiary/aromatic N) is 6. The molecule has 0 spiro atoms. The number of hydrogen-bond acceptors (Lipinski definition) is 8. The monoisotopic (exact) mass is 477 g/mol. The van der Waals surface area contributed by atoms with Gasteiger partial charge in [0.15, 0.2) is 0 Å². The molecule has 34 heavy (non-hydrogen) atoms. The molecular weight excluding hydrogens is 450 g/mol. The molecule has 3 heterocycles. The molecule has 2 aliphatic heterocycles. The van der Waals surface area contributed by atoms with Gasteiger partial charge in [-0.15, -0.1) is 0 Å². The van der Waals surface area contributed by atoms with Crippen molar-refractivity contribution in [2.75, 3.05) is 41.4 Å². The highest BCUT2D eigenvalue weighted by Gasteiger charge is 2.21. The van der Waals surface area contributed by atoms with Gasteiger partial charge in [-0.05, 0) is 61.4 Å². The van der Waals surface area contributed by atoms with E-state index < -0.39 is 0 Å². The van der Waals surface area contributed by atoms with E-state index in [2.05, 4.69) is 30.3 Å². The molecule has 2 saturated heterocycles. The van der Waals surface area contributed by atoms with Crippen LogP contribution in [0.1, 0.15) is 42.4 Å². The Labute approximate surface area is 204 Å². The molecule has 0 unspecified atom stereocenters. The number of halogens is 1. The number of aromatic hydroxyl groups is 1. The summed E-state index contributed by atoms with van der Waals surface area (Å²) in [6.07, 6.45) is 6.84. The molecule has 2 aliphatic rings. The van der Waals surface area contributed by atoms with E-state index in [-0.39, 0.29) is 5.75 Å². The van der Waals surface area contributed by atoms with Gasteiger partial charge in [-0.2, -0.15) is 20.1 Å². The summed E-state index contributed by atoms with van der Waals surface area (Å²) in [5.74, 6) is 1.94. The summed E-state index contributed by atoms with van der Waals surface area (Å²) in [6, 6.07) is 13.2. The molecular formula is C25H28ClN7O. The average molecular weight is 478 g/mol. The van der Waals surface area contributed by atoms with Crippen molar-refractivity contribution in [3.05, 3.63) is 64.2 Å². The number of aromatic nitrogens is 3. The number of nitrogens with one attached hydrogen (secondary N) is 1. The summed E-state index contributed by atoms with van der Waals surface area (Å²) in [7, 11) is 0. The lowest BCUT2D eigenvalue weighted by molar-refractivity contribution is 0.474. The second kappa shape index (κ2) is 10.3. The molecule has 5 rings (SSSR count). The van der Waals surface area contributed by atoms with Crippen LogP contribution in [0.2, 0.25) is 5.02 Å². The Hall–Kier alpha value is -3.39. The van der Waals surface area contributed by atoms with Crippen molar-refractivity contribution in [3.8, 4) is 5.75 Å². The molecule has 2 aromatic carbocycles. The number of hydrazone groups is 1. The van der Waals surface area contributed by atoms with Crippen LogP contribution in [0.5, 0.6) is 5.75 Å². The summed E-state index contributed by atoms with van der Waals surface area (Å²) >= 11 is 6.30. The molecule has 0 saturated carbocycles. The first kappa shape index (κ1) is 22.4. The van der Waals surface area contributed by atoms with Gasteiger partial charge < -0.3 is 14.9 Å². The second-order valence-corrected chi connectivity index (χ2v) is 9.09. The van der Waals surface area contributed by atoms with E-state index in [9.17, 15) is 5.11 Å². The lowest BCUT2D eigenvalue weighted by atomic mass is 10.0. The minimum absolute atomic E-state index is 0.152. The number of anilines is 3. The topological polar surface area (TPSA) is 89.8 Å². The van der Waals surface area contributed by atoms with Crippen LogP contribution in [0.15, 0.2) is 47.6 Å². The highest BCUT2D eigenvalue weighted by atomic mass is 35.5. The first-order chi connectivity index (χ1) is 16.7. The van der Waals surface area contributed by atoms with Gasteiger partial charge in [0, 0.05) is 36.8 Å². The standard InChI is InChI=1S/C25H28ClN7O/c26-21-8-2-1-7-19(21)15-18-9-10-22(34)20(16-18)17-27-31-23-28-24(32-11-3-4-12-32)30-25(29-23)33-13-5-6-14-33/h1-2,7-10,16-17,34H,3-6,11-15H2,(H,28,29,30,31)/b27-17-. The molecule has 0 amide bonds. The van der Waals surface area contributed by atoms with Crippen molar-refractivity contribution in [3.63, 3.8) is 0 Å². The summed E-state index contributed by atoms with van der Waals surface area (Å²) in [5.41, 5.74) is 5.61. The van der Waals surface area contributed by atoms with Crippen molar-refractivity contribution >= 4 is 35.7 Å². The molecule has 1 aromatic heterocycles. The Bertz CT molecular complexity index is 1140. The normalized spacial score (nSPS) is 16.0. The Morgan fingerprint density at radius 1 is 0.912 bits per heavy atom. The van der Waals surface area contributed by atoms with Gasteiger partial charge in [0.05, 0.1) is 6.21 Å². The molecule has 3 aromatic rings. The molecule has 0 aliphatic carbocycles. The van der Waals surface area contributed by atoms with Gasteiger partial charge in [-0.1, -0.05) is 35.9 Å². The van der Waals surface area contributed by atoms with Crippen molar-refractivity contribution in [1.29, 1.82) is 0 Å². The minimum atomic E-state index is 0.152. The molecule has 9 heteroatoms. The van der Waals surface area contributed by atoms with Gasteiger partial charge in [0.2, 0.25) is 17.8 Å². The van der Waals surface area contributed by atoms with Crippen LogP contribution in [-0.4, -0.2) is 52.5 Å². The maximum atomic E-state index is 10.3. The Morgan fingerprint density at radius 3 is 2.21 bits per heavy atom.